The first kappa shape index (κ1) is 11.5. The minimum Gasteiger partial charge on any atom is -0.389 e. The third-order valence-electron chi connectivity index (χ3n) is 2.69. The molecule has 1 fully saturated rings. The standard InChI is InChI=1S/C10H17N3O3/c1-6(2)10-11-9(16-12-10)5-13-3-7(14)8(15)4-13/h6-8,14-15H,3-5H2,1-2H3/t7-,8+. The molecule has 0 spiro atoms. The van der Waals surface area contributed by atoms with Crippen LogP contribution in [0.4, 0.5) is 0 Å². The number of nitrogens with zero attached hydrogens (tertiary/aromatic N) is 3. The van der Waals surface area contributed by atoms with E-state index < -0.39 is 12.2 Å². The van der Waals surface area contributed by atoms with Crippen LogP contribution in [-0.2, 0) is 6.54 Å². The summed E-state index contributed by atoms with van der Waals surface area (Å²) >= 11 is 0. The molecule has 0 saturated carbocycles. The molecule has 2 rings (SSSR count). The van der Waals surface area contributed by atoms with Crippen LogP contribution in [0.25, 0.3) is 0 Å². The molecule has 6 nitrogen and oxygen atoms in total. The van der Waals surface area contributed by atoms with Gasteiger partial charge in [-0.3, -0.25) is 4.90 Å². The fourth-order valence-corrected chi connectivity index (χ4v) is 1.73. The second kappa shape index (κ2) is 4.48. The number of aliphatic hydroxyl groups excluding tert-OH is 2. The smallest absolute Gasteiger partial charge is 0.240 e. The van der Waals surface area contributed by atoms with E-state index in [9.17, 15) is 10.2 Å². The molecule has 90 valence electrons. The lowest BCUT2D eigenvalue weighted by molar-refractivity contribution is 0.0572. The van der Waals surface area contributed by atoms with Crippen LogP contribution in [0, 0.1) is 0 Å². The molecule has 6 heteroatoms. The van der Waals surface area contributed by atoms with E-state index in [-0.39, 0.29) is 5.92 Å². The van der Waals surface area contributed by atoms with E-state index in [1.807, 2.05) is 18.7 Å². The van der Waals surface area contributed by atoms with Crippen LogP contribution >= 0.6 is 0 Å². The van der Waals surface area contributed by atoms with Crippen molar-refractivity contribution in [3.63, 3.8) is 0 Å². The zero-order valence-corrected chi connectivity index (χ0v) is 9.50. The van der Waals surface area contributed by atoms with Crippen LogP contribution in [0.5, 0.6) is 0 Å². The molecule has 2 heterocycles. The van der Waals surface area contributed by atoms with Crippen molar-refractivity contribution in [2.24, 2.45) is 0 Å². The highest BCUT2D eigenvalue weighted by Crippen LogP contribution is 2.15. The summed E-state index contributed by atoms with van der Waals surface area (Å²) in [6.07, 6.45) is -1.35. The highest BCUT2D eigenvalue weighted by Gasteiger charge is 2.30. The van der Waals surface area contributed by atoms with E-state index in [4.69, 9.17) is 4.52 Å². The summed E-state index contributed by atoms with van der Waals surface area (Å²) in [4.78, 5) is 6.14. The van der Waals surface area contributed by atoms with Crippen molar-refractivity contribution in [1.29, 1.82) is 0 Å². The number of hydrogen-bond acceptors (Lipinski definition) is 6. The summed E-state index contributed by atoms with van der Waals surface area (Å²) in [5.74, 6) is 1.47. The van der Waals surface area contributed by atoms with Crippen LogP contribution in [0.1, 0.15) is 31.5 Å². The van der Waals surface area contributed by atoms with Gasteiger partial charge in [-0.05, 0) is 0 Å². The lowest BCUT2D eigenvalue weighted by Crippen LogP contribution is -2.22. The third kappa shape index (κ3) is 2.40. The molecule has 0 aromatic carbocycles. The number of rotatable bonds is 3. The average molecular weight is 227 g/mol. The zero-order chi connectivity index (χ0) is 11.7. The van der Waals surface area contributed by atoms with Crippen LogP contribution in [0.3, 0.4) is 0 Å². The molecule has 0 amide bonds. The minimum absolute atomic E-state index is 0.243. The Balaban J connectivity index is 1.94. The lowest BCUT2D eigenvalue weighted by Gasteiger charge is -2.10. The fraction of sp³-hybridized carbons (Fsp3) is 0.800. The second-order valence-corrected chi connectivity index (χ2v) is 4.53. The molecule has 2 N–H and O–H groups in total. The minimum atomic E-state index is -0.674. The van der Waals surface area contributed by atoms with E-state index in [1.165, 1.54) is 0 Å². The van der Waals surface area contributed by atoms with Crippen molar-refractivity contribution < 1.29 is 14.7 Å². The van der Waals surface area contributed by atoms with E-state index in [2.05, 4.69) is 10.1 Å². The third-order valence-corrected chi connectivity index (χ3v) is 2.69. The SMILES string of the molecule is CC(C)c1noc(CN2C[C@@H](O)[C@@H](O)C2)n1. The molecule has 0 aliphatic carbocycles. The van der Waals surface area contributed by atoms with E-state index >= 15 is 0 Å². The Morgan fingerprint density at radius 1 is 1.38 bits per heavy atom. The Bertz CT molecular complexity index is 343. The van der Waals surface area contributed by atoms with Crippen LogP contribution < -0.4 is 0 Å². The number of β-amino-alcohol motifs (C(OH)–C–C–N with tert-alkyl or cyclic N) is 2. The predicted octanol–water partition coefficient (Wildman–Crippen LogP) is -0.270. The molecule has 2 atom stereocenters. The number of aliphatic hydroxyl groups is 2. The van der Waals surface area contributed by atoms with Gasteiger partial charge in [0.2, 0.25) is 5.89 Å². The normalized spacial score (nSPS) is 26.8. The maximum Gasteiger partial charge on any atom is 0.240 e. The van der Waals surface area contributed by atoms with Gasteiger partial charge in [0, 0.05) is 19.0 Å². The maximum atomic E-state index is 9.38. The average Bonchev–Trinajstić information content (AvgIpc) is 2.76. The molecule has 1 aromatic rings. The molecule has 0 radical (unpaired) electrons. The second-order valence-electron chi connectivity index (χ2n) is 4.53. The zero-order valence-electron chi connectivity index (χ0n) is 9.50. The summed E-state index contributed by atoms with van der Waals surface area (Å²) in [5.41, 5.74) is 0. The Labute approximate surface area is 93.9 Å². The van der Waals surface area contributed by atoms with Crippen LogP contribution in [0.15, 0.2) is 4.52 Å². The Morgan fingerprint density at radius 2 is 2.00 bits per heavy atom. The Hall–Kier alpha value is -0.980. The molecule has 16 heavy (non-hydrogen) atoms. The van der Waals surface area contributed by atoms with E-state index in [0.29, 0.717) is 31.3 Å². The highest BCUT2D eigenvalue weighted by atomic mass is 16.5. The molecule has 1 aliphatic rings. The van der Waals surface area contributed by atoms with Gasteiger partial charge in [-0.15, -0.1) is 0 Å². The van der Waals surface area contributed by atoms with Gasteiger partial charge in [0.05, 0.1) is 18.8 Å². The quantitative estimate of drug-likeness (QED) is 0.739. The van der Waals surface area contributed by atoms with Crippen molar-refractivity contribution in [3.05, 3.63) is 11.7 Å². The Kier molecular flexibility index (Phi) is 3.22. The van der Waals surface area contributed by atoms with Crippen LogP contribution in [-0.4, -0.2) is 50.6 Å². The lowest BCUT2D eigenvalue weighted by atomic mass is 10.2. The molecule has 1 aliphatic heterocycles. The van der Waals surface area contributed by atoms with Crippen molar-refractivity contribution in [3.8, 4) is 0 Å². The Morgan fingerprint density at radius 3 is 2.50 bits per heavy atom. The van der Waals surface area contributed by atoms with Gasteiger partial charge in [0.1, 0.15) is 0 Å². The first-order chi connectivity index (χ1) is 7.56. The number of aromatic nitrogens is 2. The van der Waals surface area contributed by atoms with Crippen molar-refractivity contribution >= 4 is 0 Å². The number of likely N-dealkylation sites (tertiary alicyclic amines) is 1. The van der Waals surface area contributed by atoms with Gasteiger partial charge in [-0.1, -0.05) is 19.0 Å². The topological polar surface area (TPSA) is 82.6 Å². The summed E-state index contributed by atoms with van der Waals surface area (Å²) in [6, 6.07) is 0. The summed E-state index contributed by atoms with van der Waals surface area (Å²) in [5, 5.41) is 22.6. The molecule has 1 saturated heterocycles. The number of hydrogen-bond donors (Lipinski definition) is 2. The summed E-state index contributed by atoms with van der Waals surface area (Å²) < 4.78 is 5.09. The van der Waals surface area contributed by atoms with Gasteiger partial charge in [-0.2, -0.15) is 4.98 Å². The summed E-state index contributed by atoms with van der Waals surface area (Å²) in [7, 11) is 0. The van der Waals surface area contributed by atoms with E-state index in [0.717, 1.165) is 0 Å². The van der Waals surface area contributed by atoms with Gasteiger partial charge in [0.15, 0.2) is 5.82 Å². The fourth-order valence-electron chi connectivity index (χ4n) is 1.73. The predicted molar refractivity (Wildman–Crippen MR) is 55.7 cm³/mol. The maximum absolute atomic E-state index is 9.38. The van der Waals surface area contributed by atoms with Gasteiger partial charge >= 0.3 is 0 Å². The van der Waals surface area contributed by atoms with Crippen molar-refractivity contribution in [2.45, 2.75) is 38.5 Å². The van der Waals surface area contributed by atoms with Crippen molar-refractivity contribution in [2.75, 3.05) is 13.1 Å². The molecule has 0 unspecified atom stereocenters. The van der Waals surface area contributed by atoms with Crippen molar-refractivity contribution in [1.82, 2.24) is 15.0 Å². The molecular weight excluding hydrogens is 210 g/mol. The van der Waals surface area contributed by atoms with Crippen LogP contribution in [0.2, 0.25) is 0 Å². The largest absolute Gasteiger partial charge is 0.389 e. The monoisotopic (exact) mass is 227 g/mol. The highest BCUT2D eigenvalue weighted by molar-refractivity contribution is 4.93. The van der Waals surface area contributed by atoms with Gasteiger partial charge in [-0.25, -0.2) is 0 Å². The molecular formula is C10H17N3O3. The molecule has 0 bridgehead atoms. The van der Waals surface area contributed by atoms with E-state index in [1.54, 1.807) is 0 Å². The summed E-state index contributed by atoms with van der Waals surface area (Å²) in [6.45, 7) is 5.37. The van der Waals surface area contributed by atoms with Gasteiger partial charge in [0.25, 0.3) is 0 Å². The van der Waals surface area contributed by atoms with Gasteiger partial charge < -0.3 is 14.7 Å². The molecule has 1 aromatic heterocycles. The first-order valence-corrected chi connectivity index (χ1v) is 5.47. The first-order valence-electron chi connectivity index (χ1n) is 5.47.